The average molecular weight is 754 g/mol. The second kappa shape index (κ2) is 15.3. The molecule has 274 valence electrons. The van der Waals surface area contributed by atoms with Gasteiger partial charge in [0.1, 0.15) is 27.0 Å². The number of ether oxygens (including phenoxy) is 1. The number of benzene rings is 3. The summed E-state index contributed by atoms with van der Waals surface area (Å²) in [6.07, 6.45) is 5.93. The van der Waals surface area contributed by atoms with Crippen molar-refractivity contribution in [1.29, 1.82) is 0 Å². The second-order valence-corrected chi connectivity index (χ2v) is 18.0. The Labute approximate surface area is 314 Å². The fraction of sp³-hybridized carbons (Fsp3) is 0.450. The van der Waals surface area contributed by atoms with Gasteiger partial charge in [0.2, 0.25) is 0 Å². The number of carbonyl (C=O) groups is 1. The lowest BCUT2D eigenvalue weighted by atomic mass is 9.74. The number of amidine groups is 1. The molecule has 2 amide bonds. The van der Waals surface area contributed by atoms with Crippen molar-refractivity contribution < 1.29 is 17.9 Å². The maximum atomic E-state index is 15.1. The van der Waals surface area contributed by atoms with Crippen molar-refractivity contribution in [2.45, 2.75) is 64.5 Å². The van der Waals surface area contributed by atoms with Crippen molar-refractivity contribution in [3.63, 3.8) is 0 Å². The number of piperazine rings is 1. The average Bonchev–Trinajstić information content (AvgIpc) is 3.31. The first-order chi connectivity index (χ1) is 23.9. The molecule has 8 nitrogen and oxygen atoms in total. The van der Waals surface area contributed by atoms with E-state index in [9.17, 15) is 8.42 Å². The number of aliphatic imine (C=N–C) groups is 1. The Morgan fingerprint density at radius 1 is 0.941 bits per heavy atom. The molecule has 1 saturated heterocycles. The lowest BCUT2D eigenvalue weighted by Gasteiger charge is -2.45. The van der Waals surface area contributed by atoms with Crippen LogP contribution in [-0.4, -0.2) is 91.9 Å². The van der Waals surface area contributed by atoms with Gasteiger partial charge >= 0.3 is 6.03 Å². The van der Waals surface area contributed by atoms with Crippen molar-refractivity contribution in [2.24, 2.45) is 4.99 Å². The maximum absolute atomic E-state index is 15.1. The molecule has 0 spiro atoms. The molecule has 2 heterocycles. The number of rotatable bonds is 10. The van der Waals surface area contributed by atoms with Crippen molar-refractivity contribution in [1.82, 2.24) is 14.7 Å². The summed E-state index contributed by atoms with van der Waals surface area (Å²) in [7, 11) is -3.03. The molecule has 0 unspecified atom stereocenters. The molecule has 2 aliphatic rings. The van der Waals surface area contributed by atoms with Crippen LogP contribution >= 0.6 is 23.2 Å². The summed E-state index contributed by atoms with van der Waals surface area (Å²) in [6.45, 7) is 16.0. The number of hydrogen-bond donors (Lipinski definition) is 0. The molecule has 11 heteroatoms. The molecule has 0 radical (unpaired) electrons. The van der Waals surface area contributed by atoms with Crippen molar-refractivity contribution >= 4 is 51.0 Å². The van der Waals surface area contributed by atoms with Gasteiger partial charge in [0.05, 0.1) is 23.5 Å². The number of nitrogens with zero attached hydrogens (tertiary/aromatic N) is 4. The van der Waals surface area contributed by atoms with Gasteiger partial charge < -0.3 is 9.64 Å². The van der Waals surface area contributed by atoms with Crippen LogP contribution in [-0.2, 0) is 20.8 Å². The minimum atomic E-state index is -3.03. The Bertz CT molecular complexity index is 1880. The fourth-order valence-corrected chi connectivity index (χ4v) is 7.69. The van der Waals surface area contributed by atoms with E-state index >= 15 is 4.79 Å². The first-order valence-corrected chi connectivity index (χ1v) is 20.3. The van der Waals surface area contributed by atoms with Gasteiger partial charge in [-0.25, -0.2) is 13.2 Å². The molecule has 51 heavy (non-hydrogen) atoms. The van der Waals surface area contributed by atoms with Crippen molar-refractivity contribution in [3.05, 3.63) is 105 Å². The molecule has 3 aromatic carbocycles. The SMILES string of the molecule is CCOc1cc(C(C)(C)C)ccc1C1=N[C@@](C)(c2ccc(Cl)cc2)[C@@](C)(/C=C/c2ccc(Cl)cc2)N1C(=O)N1CCN(CCCS(C)(=O)=O)CC1. The van der Waals surface area contributed by atoms with Gasteiger partial charge in [-0.2, -0.15) is 0 Å². The summed E-state index contributed by atoms with van der Waals surface area (Å²) < 4.78 is 29.7. The van der Waals surface area contributed by atoms with Crippen LogP contribution in [0.25, 0.3) is 6.08 Å². The van der Waals surface area contributed by atoms with Gasteiger partial charge in [-0.3, -0.25) is 14.8 Å². The number of carbonyl (C=O) groups excluding carboxylic acids is 1. The number of hydrogen-bond acceptors (Lipinski definition) is 6. The van der Waals surface area contributed by atoms with Gasteiger partial charge in [-0.1, -0.05) is 86.5 Å². The number of halogens is 2. The highest BCUT2D eigenvalue weighted by Gasteiger charge is 2.58. The van der Waals surface area contributed by atoms with E-state index in [-0.39, 0.29) is 17.2 Å². The normalized spacial score (nSPS) is 21.7. The first-order valence-electron chi connectivity index (χ1n) is 17.5. The second-order valence-electron chi connectivity index (χ2n) is 14.9. The maximum Gasteiger partial charge on any atom is 0.326 e. The molecule has 0 aromatic heterocycles. The minimum Gasteiger partial charge on any atom is -0.493 e. The summed E-state index contributed by atoms with van der Waals surface area (Å²) >= 11 is 12.6. The Balaban J connectivity index is 1.63. The van der Waals surface area contributed by atoms with E-state index in [2.05, 4.69) is 57.7 Å². The molecule has 0 saturated carbocycles. The number of sulfone groups is 1. The van der Waals surface area contributed by atoms with Gasteiger partial charge in [-0.15, -0.1) is 0 Å². The van der Waals surface area contributed by atoms with Crippen LogP contribution in [0, 0.1) is 0 Å². The van der Waals surface area contributed by atoms with Gasteiger partial charge in [0.25, 0.3) is 0 Å². The van der Waals surface area contributed by atoms with Crippen LogP contribution in [0.3, 0.4) is 0 Å². The van der Waals surface area contributed by atoms with Crippen LogP contribution < -0.4 is 4.74 Å². The van der Waals surface area contributed by atoms with Crippen LogP contribution in [0.4, 0.5) is 4.79 Å². The third-order valence-corrected chi connectivity index (χ3v) is 11.6. The van der Waals surface area contributed by atoms with Gasteiger partial charge in [0.15, 0.2) is 0 Å². The molecule has 0 bridgehead atoms. The van der Waals surface area contributed by atoms with E-state index in [0.29, 0.717) is 67.4 Å². The highest BCUT2D eigenvalue weighted by molar-refractivity contribution is 7.90. The molecule has 0 aliphatic carbocycles. The van der Waals surface area contributed by atoms with E-state index in [0.717, 1.165) is 22.3 Å². The topological polar surface area (TPSA) is 82.5 Å². The van der Waals surface area contributed by atoms with Crippen molar-refractivity contribution in [3.8, 4) is 5.75 Å². The Morgan fingerprint density at radius 2 is 1.55 bits per heavy atom. The van der Waals surface area contributed by atoms with Crippen LogP contribution in [0.1, 0.15) is 70.2 Å². The smallest absolute Gasteiger partial charge is 0.326 e. The van der Waals surface area contributed by atoms with Crippen LogP contribution in [0.5, 0.6) is 5.75 Å². The van der Waals surface area contributed by atoms with E-state index < -0.39 is 20.9 Å². The van der Waals surface area contributed by atoms with Crippen molar-refractivity contribution in [2.75, 3.05) is 51.3 Å². The molecule has 1 fully saturated rings. The predicted octanol–water partition coefficient (Wildman–Crippen LogP) is 8.31. The summed E-state index contributed by atoms with van der Waals surface area (Å²) in [5.41, 5.74) is 1.64. The largest absolute Gasteiger partial charge is 0.493 e. The lowest BCUT2D eigenvalue weighted by Crippen LogP contribution is -2.61. The highest BCUT2D eigenvalue weighted by atomic mass is 35.5. The summed E-state index contributed by atoms with van der Waals surface area (Å²) in [5.74, 6) is 1.35. The quantitative estimate of drug-likeness (QED) is 0.208. The Hall–Kier alpha value is -3.37. The zero-order valence-electron chi connectivity index (χ0n) is 30.7. The number of urea groups is 1. The molecule has 3 aromatic rings. The zero-order valence-corrected chi connectivity index (χ0v) is 33.1. The highest BCUT2D eigenvalue weighted by Crippen LogP contribution is 2.49. The molecular formula is C40H50Cl2N4O4S. The lowest BCUT2D eigenvalue weighted by molar-refractivity contribution is 0.104. The number of amides is 2. The summed E-state index contributed by atoms with van der Waals surface area (Å²) in [6, 6.07) is 21.3. The van der Waals surface area contributed by atoms with E-state index in [1.54, 1.807) is 0 Å². The monoisotopic (exact) mass is 752 g/mol. The standard InChI is InChI=1S/C40H50Cl2N4O4S/c1-8-50-35-28-31(38(2,3)4)14-19-34(35)36-43-40(6,30-12-17-33(42)18-13-30)39(5,21-20-29-10-15-32(41)16-11-29)46(36)37(47)45-25-23-44(24-26-45)22-9-27-51(7,48)49/h10-21,28H,8-9,22-27H2,1-7H3/b21-20+/t39-,40+/m1/s1. The molecule has 0 N–H and O–H groups in total. The van der Waals surface area contributed by atoms with E-state index in [1.807, 2.05) is 77.4 Å². The minimum absolute atomic E-state index is 0.119. The Morgan fingerprint density at radius 3 is 2.12 bits per heavy atom. The third kappa shape index (κ3) is 8.65. The Kier molecular flexibility index (Phi) is 11.7. The van der Waals surface area contributed by atoms with E-state index in [4.69, 9.17) is 32.9 Å². The molecule has 2 aliphatic heterocycles. The summed E-state index contributed by atoms with van der Waals surface area (Å²) in [5, 5.41) is 1.26. The fourth-order valence-electron chi connectivity index (χ4n) is 6.79. The van der Waals surface area contributed by atoms with Crippen LogP contribution in [0.2, 0.25) is 10.0 Å². The zero-order chi connectivity index (χ0) is 37.2. The molecular weight excluding hydrogens is 703 g/mol. The first kappa shape index (κ1) is 38.9. The third-order valence-electron chi connectivity index (χ3n) is 10.1. The molecule has 2 atom stereocenters. The molecule has 5 rings (SSSR count). The van der Waals surface area contributed by atoms with Gasteiger partial charge in [0, 0.05) is 42.5 Å². The summed E-state index contributed by atoms with van der Waals surface area (Å²) in [4.78, 5) is 26.6. The predicted molar refractivity (Wildman–Crippen MR) is 210 cm³/mol. The van der Waals surface area contributed by atoms with Gasteiger partial charge in [-0.05, 0) is 92.2 Å². The van der Waals surface area contributed by atoms with Crippen LogP contribution in [0.15, 0.2) is 77.8 Å². The van der Waals surface area contributed by atoms with E-state index in [1.165, 1.54) is 6.26 Å².